The lowest BCUT2D eigenvalue weighted by atomic mass is 10.1. The minimum absolute atomic E-state index is 0.0110. The van der Waals surface area contributed by atoms with Crippen molar-refractivity contribution in [2.45, 2.75) is 161 Å². The van der Waals surface area contributed by atoms with Crippen LogP contribution in [0, 0.1) is 0 Å². The third-order valence-electron chi connectivity index (χ3n) is 8.58. The Balaban J connectivity index is 4.53. The molecule has 3 atom stereocenters. The van der Waals surface area contributed by atoms with Gasteiger partial charge in [-0.1, -0.05) is 120 Å². The zero-order valence-electron chi connectivity index (χ0n) is 35.3. The highest BCUT2D eigenvalue weighted by molar-refractivity contribution is 7.47. The number of hydrogen-bond donors (Lipinski definition) is 2. The van der Waals surface area contributed by atoms with Gasteiger partial charge in [-0.15, -0.1) is 0 Å². The van der Waals surface area contributed by atoms with Crippen LogP contribution in [0.3, 0.4) is 0 Å². The third-order valence-corrected chi connectivity index (χ3v) is 9.56. The number of allylic oxidation sites excluding steroid dienone is 9. The summed E-state index contributed by atoms with van der Waals surface area (Å²) < 4.78 is 34.1. The number of esters is 2. The fraction of sp³-hybridized carbons (Fsp3) is 0.727. The summed E-state index contributed by atoms with van der Waals surface area (Å²) in [6.07, 6.45) is 39.1. The molecule has 0 rings (SSSR count). The van der Waals surface area contributed by atoms with Crippen molar-refractivity contribution >= 4 is 19.8 Å². The first-order valence-electron chi connectivity index (χ1n) is 21.1. The molecule has 0 heterocycles. The molecule has 0 bridgehead atoms. The maximum atomic E-state index is 12.6. The fourth-order valence-corrected chi connectivity index (χ4v) is 5.99. The number of ether oxygens (including phenoxy) is 2. The van der Waals surface area contributed by atoms with Crippen LogP contribution < -0.4 is 0 Å². The van der Waals surface area contributed by atoms with Crippen LogP contribution in [0.2, 0.25) is 0 Å². The van der Waals surface area contributed by atoms with Gasteiger partial charge in [-0.05, 0) is 77.0 Å². The van der Waals surface area contributed by atoms with E-state index in [9.17, 15) is 24.2 Å². The van der Waals surface area contributed by atoms with Crippen LogP contribution in [-0.4, -0.2) is 86.1 Å². The zero-order valence-corrected chi connectivity index (χ0v) is 36.1. The number of carbonyl (C=O) groups excluding carboxylic acids is 2. The summed E-state index contributed by atoms with van der Waals surface area (Å²) in [5, 5.41) is 9.73. The number of phosphoric acid groups is 1. The first-order chi connectivity index (χ1) is 26.4. The molecule has 0 aliphatic carbocycles. The molecule has 0 saturated carbocycles. The minimum atomic E-state index is -4.40. The number of aliphatic hydroxyl groups is 1. The second-order valence-electron chi connectivity index (χ2n) is 15.2. The number of hydrogen-bond acceptors (Lipinski definition) is 8. The highest BCUT2D eigenvalue weighted by atomic mass is 31.2. The largest absolute Gasteiger partial charge is 0.472 e. The molecular formula is C44H79NO9P+. The zero-order chi connectivity index (χ0) is 40.9. The molecule has 0 radical (unpaired) electrons. The Bertz CT molecular complexity index is 1140. The summed E-state index contributed by atoms with van der Waals surface area (Å²) >= 11 is 0. The quantitative estimate of drug-likeness (QED) is 0.0207. The topological polar surface area (TPSA) is 129 Å². The van der Waals surface area contributed by atoms with Crippen LogP contribution in [0.25, 0.3) is 0 Å². The highest BCUT2D eigenvalue weighted by Gasteiger charge is 2.27. The molecule has 0 amide bonds. The summed E-state index contributed by atoms with van der Waals surface area (Å²) in [7, 11) is 1.40. The van der Waals surface area contributed by atoms with Crippen molar-refractivity contribution < 1.29 is 47.2 Å². The van der Waals surface area contributed by atoms with Gasteiger partial charge in [-0.2, -0.15) is 0 Å². The Morgan fingerprint density at radius 3 is 1.78 bits per heavy atom. The monoisotopic (exact) mass is 797 g/mol. The molecule has 0 spiro atoms. The molecule has 318 valence electrons. The number of rotatable bonds is 37. The predicted octanol–water partition coefficient (Wildman–Crippen LogP) is 10.7. The standard InChI is InChI=1S/C44H78NO9P/c1-6-8-9-10-11-12-13-15-19-22-25-28-31-35-43(47)51-39-42(40-53-55(49,50)52-38-37-45(3,4)5)54-44(48)36-32-29-26-23-20-17-14-16-18-21-24-27-30-34-41(46)33-7-2/h12-14,17-18,21,23,26-27,30,41-42,46H,6-11,15-16,19-20,22,24-25,28-29,31-40H2,1-5H3/p+1/b13-12-,17-14-,21-18-,26-23-,30-27-/t41?,42-/m1/s1. The van der Waals surface area contributed by atoms with Crippen molar-refractivity contribution in [1.29, 1.82) is 0 Å². The van der Waals surface area contributed by atoms with Crippen LogP contribution in [-0.2, 0) is 32.7 Å². The lowest BCUT2D eigenvalue weighted by Gasteiger charge is -2.24. The Hall–Kier alpha value is -2.33. The molecule has 0 aromatic heterocycles. The van der Waals surface area contributed by atoms with Gasteiger partial charge in [0.15, 0.2) is 6.10 Å². The minimum Gasteiger partial charge on any atom is -0.462 e. The number of phosphoric ester groups is 1. The molecule has 10 nitrogen and oxygen atoms in total. The third kappa shape index (κ3) is 39.7. The molecular weight excluding hydrogens is 717 g/mol. The molecule has 0 fully saturated rings. The van der Waals surface area contributed by atoms with Gasteiger partial charge in [0.05, 0.1) is 33.9 Å². The van der Waals surface area contributed by atoms with Crippen LogP contribution in [0.4, 0.5) is 0 Å². The Morgan fingerprint density at radius 2 is 1.16 bits per heavy atom. The number of aliphatic hydroxyl groups excluding tert-OH is 1. The normalized spacial score (nSPS) is 14.8. The van der Waals surface area contributed by atoms with E-state index in [2.05, 4.69) is 62.5 Å². The molecule has 55 heavy (non-hydrogen) atoms. The average molecular weight is 797 g/mol. The summed E-state index contributed by atoms with van der Waals surface area (Å²) in [4.78, 5) is 35.3. The van der Waals surface area contributed by atoms with E-state index in [1.165, 1.54) is 32.1 Å². The lowest BCUT2D eigenvalue weighted by Crippen LogP contribution is -2.37. The fourth-order valence-electron chi connectivity index (χ4n) is 5.25. The molecule has 0 aliphatic heterocycles. The van der Waals surface area contributed by atoms with E-state index in [0.29, 0.717) is 36.7 Å². The number of unbranched alkanes of at least 4 members (excludes halogenated alkanes) is 10. The van der Waals surface area contributed by atoms with Gasteiger partial charge >= 0.3 is 19.8 Å². The summed E-state index contributed by atoms with van der Waals surface area (Å²) in [6.45, 7) is 4.10. The Morgan fingerprint density at radius 1 is 0.636 bits per heavy atom. The maximum absolute atomic E-state index is 12.6. The van der Waals surface area contributed by atoms with Gasteiger partial charge in [-0.25, -0.2) is 4.57 Å². The molecule has 0 aromatic rings. The molecule has 11 heteroatoms. The first kappa shape index (κ1) is 52.7. The number of likely N-dealkylation sites (N-methyl/N-ethyl adjacent to an activating group) is 1. The number of carbonyl (C=O) groups is 2. The van der Waals surface area contributed by atoms with E-state index in [1.54, 1.807) is 0 Å². The molecule has 0 aromatic carbocycles. The van der Waals surface area contributed by atoms with Gasteiger partial charge in [0.2, 0.25) is 0 Å². The molecule has 0 aliphatic rings. The summed E-state index contributed by atoms with van der Waals surface area (Å²) in [5.74, 6) is -0.901. The SMILES string of the molecule is CCCCCC/C=C\CCCCCCCC(=O)OC[C@H](COP(=O)(O)OCC[N+](C)(C)C)OC(=O)CCC/C=C\C/C=C\C/C=C\C/C=C\CC(O)CCC. The van der Waals surface area contributed by atoms with Crippen molar-refractivity contribution in [3.8, 4) is 0 Å². The van der Waals surface area contributed by atoms with E-state index in [0.717, 1.165) is 64.2 Å². The van der Waals surface area contributed by atoms with Crippen LogP contribution in [0.1, 0.15) is 149 Å². The van der Waals surface area contributed by atoms with Crippen molar-refractivity contribution in [1.82, 2.24) is 0 Å². The van der Waals surface area contributed by atoms with Crippen molar-refractivity contribution in [2.24, 2.45) is 0 Å². The van der Waals surface area contributed by atoms with Crippen LogP contribution in [0.15, 0.2) is 60.8 Å². The van der Waals surface area contributed by atoms with Crippen molar-refractivity contribution in [3.05, 3.63) is 60.8 Å². The van der Waals surface area contributed by atoms with Crippen LogP contribution in [0.5, 0.6) is 0 Å². The van der Waals surface area contributed by atoms with Crippen molar-refractivity contribution in [3.63, 3.8) is 0 Å². The van der Waals surface area contributed by atoms with E-state index >= 15 is 0 Å². The first-order valence-corrected chi connectivity index (χ1v) is 22.6. The van der Waals surface area contributed by atoms with Gasteiger partial charge in [0, 0.05) is 12.8 Å². The van der Waals surface area contributed by atoms with E-state index in [1.807, 2.05) is 33.3 Å². The summed E-state index contributed by atoms with van der Waals surface area (Å²) in [5.41, 5.74) is 0. The molecule has 2 N–H and O–H groups in total. The molecule has 2 unspecified atom stereocenters. The second kappa shape index (κ2) is 36.0. The smallest absolute Gasteiger partial charge is 0.462 e. The lowest BCUT2D eigenvalue weighted by molar-refractivity contribution is -0.870. The predicted molar refractivity (Wildman–Crippen MR) is 225 cm³/mol. The second-order valence-corrected chi connectivity index (χ2v) is 16.7. The summed E-state index contributed by atoms with van der Waals surface area (Å²) in [6, 6.07) is 0. The van der Waals surface area contributed by atoms with Gasteiger partial charge in [0.25, 0.3) is 0 Å². The van der Waals surface area contributed by atoms with E-state index in [-0.39, 0.29) is 32.2 Å². The Kier molecular flexibility index (Phi) is 34.5. The number of nitrogens with zero attached hydrogens (tertiary/aromatic N) is 1. The average Bonchev–Trinajstić information content (AvgIpc) is 3.12. The van der Waals surface area contributed by atoms with Crippen molar-refractivity contribution in [2.75, 3.05) is 47.5 Å². The maximum Gasteiger partial charge on any atom is 0.472 e. The highest BCUT2D eigenvalue weighted by Crippen LogP contribution is 2.43. The molecule has 0 saturated heterocycles. The van der Waals surface area contributed by atoms with E-state index in [4.69, 9.17) is 18.5 Å². The number of quaternary nitrogens is 1. The van der Waals surface area contributed by atoms with Gasteiger partial charge < -0.3 is 24.0 Å². The Labute approximate surface area is 335 Å². The van der Waals surface area contributed by atoms with E-state index < -0.39 is 32.5 Å². The van der Waals surface area contributed by atoms with Gasteiger partial charge in [0.1, 0.15) is 19.8 Å². The van der Waals surface area contributed by atoms with Gasteiger partial charge in [-0.3, -0.25) is 18.6 Å². The van der Waals surface area contributed by atoms with Crippen LogP contribution >= 0.6 is 7.82 Å².